The SMILES string of the molecule is Cc1c(CN2CCCCC2)c(O)c(CN2CCCCC2)c2c1C(=O)C(=Cc1ccccc1F)O2. The predicted molar refractivity (Wildman–Crippen MR) is 130 cm³/mol. The summed E-state index contributed by atoms with van der Waals surface area (Å²) in [7, 11) is 0. The van der Waals surface area contributed by atoms with Crippen LogP contribution in [0.25, 0.3) is 6.08 Å². The fourth-order valence-electron chi connectivity index (χ4n) is 5.46. The van der Waals surface area contributed by atoms with E-state index in [1.54, 1.807) is 18.2 Å². The summed E-state index contributed by atoms with van der Waals surface area (Å²) in [5.74, 6) is 0.150. The molecule has 1 N–H and O–H groups in total. The van der Waals surface area contributed by atoms with Gasteiger partial charge in [0.1, 0.15) is 17.3 Å². The summed E-state index contributed by atoms with van der Waals surface area (Å²) in [6.45, 7) is 7.00. The average molecular weight is 465 g/mol. The van der Waals surface area contributed by atoms with Crippen LogP contribution in [0.2, 0.25) is 0 Å². The molecule has 0 spiro atoms. The van der Waals surface area contributed by atoms with Gasteiger partial charge in [0, 0.05) is 24.2 Å². The second kappa shape index (κ2) is 9.88. The minimum atomic E-state index is -0.402. The predicted octanol–water partition coefficient (Wildman–Crippen LogP) is 5.43. The normalized spacial score (nSPS) is 20.5. The number of Topliss-reactive ketones (excluding diaryl/α,β-unsaturated/α-hetero) is 1. The second-order valence-electron chi connectivity index (χ2n) is 9.77. The van der Waals surface area contributed by atoms with Crippen LogP contribution in [0.5, 0.6) is 11.5 Å². The molecule has 3 aliphatic heterocycles. The van der Waals surface area contributed by atoms with Gasteiger partial charge < -0.3 is 9.84 Å². The first kappa shape index (κ1) is 23.1. The maximum atomic E-state index is 14.3. The smallest absolute Gasteiger partial charge is 0.232 e. The molecule has 0 bridgehead atoms. The minimum Gasteiger partial charge on any atom is -0.507 e. The third-order valence-electron chi connectivity index (χ3n) is 7.42. The van der Waals surface area contributed by atoms with Crippen LogP contribution in [0, 0.1) is 12.7 Å². The lowest BCUT2D eigenvalue weighted by molar-refractivity contribution is 0.101. The zero-order valence-corrected chi connectivity index (χ0v) is 19.9. The number of phenolic OH excluding ortho intramolecular Hbond substituents is 1. The Morgan fingerprint density at radius 2 is 1.53 bits per heavy atom. The van der Waals surface area contributed by atoms with Crippen molar-refractivity contribution < 1.29 is 19.0 Å². The van der Waals surface area contributed by atoms with E-state index in [9.17, 15) is 14.3 Å². The fraction of sp³-hybridized carbons (Fsp3) is 0.464. The number of ketones is 1. The van der Waals surface area contributed by atoms with Gasteiger partial charge in [-0.15, -0.1) is 0 Å². The monoisotopic (exact) mass is 464 g/mol. The van der Waals surface area contributed by atoms with Crippen molar-refractivity contribution in [3.8, 4) is 11.5 Å². The lowest BCUT2D eigenvalue weighted by Crippen LogP contribution is -2.30. The highest BCUT2D eigenvalue weighted by Crippen LogP contribution is 2.45. The third-order valence-corrected chi connectivity index (χ3v) is 7.42. The molecule has 180 valence electrons. The van der Waals surface area contributed by atoms with E-state index in [0.717, 1.165) is 63.0 Å². The van der Waals surface area contributed by atoms with Crippen LogP contribution >= 0.6 is 0 Å². The number of hydrogen-bond donors (Lipinski definition) is 1. The van der Waals surface area contributed by atoms with Crippen molar-refractivity contribution in [2.24, 2.45) is 0 Å². The van der Waals surface area contributed by atoms with Gasteiger partial charge in [0.25, 0.3) is 0 Å². The van der Waals surface area contributed by atoms with Crippen molar-refractivity contribution >= 4 is 11.9 Å². The molecule has 5 rings (SSSR count). The zero-order valence-electron chi connectivity index (χ0n) is 19.9. The first-order valence-corrected chi connectivity index (χ1v) is 12.5. The molecule has 0 unspecified atom stereocenters. The van der Waals surface area contributed by atoms with Crippen LogP contribution in [0.1, 0.15) is 71.1 Å². The molecule has 0 amide bonds. The molecular weight excluding hydrogens is 431 g/mol. The summed E-state index contributed by atoms with van der Waals surface area (Å²) in [6.07, 6.45) is 8.51. The molecule has 0 radical (unpaired) electrons. The standard InChI is InChI=1S/C28H33FN2O3/c1-19-21(17-30-12-6-2-7-13-30)26(32)22(18-31-14-8-3-9-15-31)28-25(19)27(33)24(34-28)16-20-10-4-5-11-23(20)29/h4-5,10-11,16,32H,2-3,6-9,12-15,17-18H2,1H3. The van der Waals surface area contributed by atoms with E-state index in [-0.39, 0.29) is 17.3 Å². The summed E-state index contributed by atoms with van der Waals surface area (Å²) in [5, 5.41) is 11.5. The Morgan fingerprint density at radius 1 is 0.941 bits per heavy atom. The van der Waals surface area contributed by atoms with Crippen LogP contribution in [-0.2, 0) is 13.1 Å². The van der Waals surface area contributed by atoms with E-state index in [1.807, 2.05) is 6.92 Å². The van der Waals surface area contributed by atoms with E-state index >= 15 is 0 Å². The number of carbonyl (C=O) groups excluding carboxylic acids is 1. The van der Waals surface area contributed by atoms with Crippen molar-refractivity contribution in [1.82, 2.24) is 9.80 Å². The Bertz CT molecular complexity index is 1120. The lowest BCUT2D eigenvalue weighted by Gasteiger charge is -2.30. The number of halogens is 1. The number of carbonyl (C=O) groups is 1. The van der Waals surface area contributed by atoms with Gasteiger partial charge in [-0.1, -0.05) is 31.0 Å². The van der Waals surface area contributed by atoms with E-state index in [4.69, 9.17) is 4.74 Å². The van der Waals surface area contributed by atoms with E-state index in [1.165, 1.54) is 25.0 Å². The van der Waals surface area contributed by atoms with Crippen molar-refractivity contribution in [1.29, 1.82) is 0 Å². The number of hydrogen-bond acceptors (Lipinski definition) is 5. The number of piperidine rings is 2. The van der Waals surface area contributed by atoms with Gasteiger partial charge in [0.2, 0.25) is 5.78 Å². The maximum absolute atomic E-state index is 14.3. The highest BCUT2D eigenvalue weighted by atomic mass is 19.1. The third kappa shape index (κ3) is 4.49. The Morgan fingerprint density at radius 3 is 2.15 bits per heavy atom. The minimum absolute atomic E-state index is 0.109. The Labute approximate surface area is 200 Å². The van der Waals surface area contributed by atoms with E-state index < -0.39 is 5.82 Å². The van der Waals surface area contributed by atoms with E-state index in [0.29, 0.717) is 35.5 Å². The van der Waals surface area contributed by atoms with Crippen molar-refractivity contribution in [3.63, 3.8) is 0 Å². The highest BCUT2D eigenvalue weighted by Gasteiger charge is 2.36. The first-order valence-electron chi connectivity index (χ1n) is 12.5. The Kier molecular flexibility index (Phi) is 6.70. The summed E-state index contributed by atoms with van der Waals surface area (Å²) < 4.78 is 20.4. The quantitative estimate of drug-likeness (QED) is 0.598. The molecule has 0 aliphatic carbocycles. The van der Waals surface area contributed by atoms with Crippen molar-refractivity contribution in [2.75, 3.05) is 26.2 Å². The number of benzene rings is 2. The number of likely N-dealkylation sites (tertiary alicyclic amines) is 2. The second-order valence-corrected chi connectivity index (χ2v) is 9.77. The topological polar surface area (TPSA) is 53.0 Å². The molecule has 0 saturated carbocycles. The van der Waals surface area contributed by atoms with Crippen LogP contribution in [-0.4, -0.2) is 46.9 Å². The highest BCUT2D eigenvalue weighted by molar-refractivity contribution is 6.16. The average Bonchev–Trinajstić information content (AvgIpc) is 3.18. The van der Waals surface area contributed by atoms with E-state index in [2.05, 4.69) is 9.80 Å². The number of allylic oxidation sites excluding steroid dienone is 1. The molecule has 34 heavy (non-hydrogen) atoms. The molecule has 5 nitrogen and oxygen atoms in total. The van der Waals surface area contributed by atoms with Gasteiger partial charge in [-0.2, -0.15) is 0 Å². The van der Waals surface area contributed by atoms with Gasteiger partial charge in [0.15, 0.2) is 5.76 Å². The molecule has 3 heterocycles. The Hall–Kier alpha value is -2.70. The Balaban J connectivity index is 1.56. The molecule has 3 aliphatic rings. The summed E-state index contributed by atoms with van der Waals surface area (Å²) in [6, 6.07) is 6.35. The van der Waals surface area contributed by atoms with Gasteiger partial charge >= 0.3 is 0 Å². The molecule has 2 aromatic rings. The number of aromatic hydroxyl groups is 1. The lowest BCUT2D eigenvalue weighted by atomic mass is 9.92. The van der Waals surface area contributed by atoms with Gasteiger partial charge in [-0.05, 0) is 76.5 Å². The largest absolute Gasteiger partial charge is 0.507 e. The molecular formula is C28H33FN2O3. The van der Waals surface area contributed by atoms with Gasteiger partial charge in [0.05, 0.1) is 11.1 Å². The summed E-state index contributed by atoms with van der Waals surface area (Å²) in [5.41, 5.74) is 3.09. The number of fused-ring (bicyclic) bond motifs is 1. The number of nitrogens with zero attached hydrogens (tertiary/aromatic N) is 2. The van der Waals surface area contributed by atoms with Crippen LogP contribution in [0.15, 0.2) is 30.0 Å². The molecule has 2 fully saturated rings. The molecule has 0 aromatic heterocycles. The van der Waals surface area contributed by atoms with Crippen LogP contribution in [0.4, 0.5) is 4.39 Å². The molecule has 0 atom stereocenters. The summed E-state index contributed by atoms with van der Waals surface area (Å²) >= 11 is 0. The summed E-state index contributed by atoms with van der Waals surface area (Å²) in [4.78, 5) is 18.2. The number of ether oxygens (including phenoxy) is 1. The van der Waals surface area contributed by atoms with Crippen LogP contribution in [0.3, 0.4) is 0 Å². The first-order chi connectivity index (χ1) is 16.5. The molecule has 2 aromatic carbocycles. The number of phenols is 1. The number of rotatable bonds is 5. The fourth-order valence-corrected chi connectivity index (χ4v) is 5.46. The zero-order chi connectivity index (χ0) is 23.7. The van der Waals surface area contributed by atoms with Crippen molar-refractivity contribution in [3.05, 3.63) is 63.7 Å². The molecule has 6 heteroatoms. The van der Waals surface area contributed by atoms with Crippen molar-refractivity contribution in [2.45, 2.75) is 58.5 Å². The van der Waals surface area contributed by atoms with Crippen LogP contribution < -0.4 is 4.74 Å². The molecule has 2 saturated heterocycles. The maximum Gasteiger partial charge on any atom is 0.232 e. The van der Waals surface area contributed by atoms with Gasteiger partial charge in [-0.25, -0.2) is 4.39 Å². The van der Waals surface area contributed by atoms with Gasteiger partial charge in [-0.3, -0.25) is 14.6 Å².